The minimum atomic E-state index is -3.03. The Balaban J connectivity index is 2.99. The van der Waals surface area contributed by atoms with Gasteiger partial charge < -0.3 is 5.11 Å². The molecule has 1 N–H and O–H groups in total. The first kappa shape index (κ1) is 15.6. The van der Waals surface area contributed by atoms with E-state index in [0.29, 0.717) is 18.7 Å². The van der Waals surface area contributed by atoms with E-state index < -0.39 is 21.2 Å². The van der Waals surface area contributed by atoms with Crippen LogP contribution in [0.4, 0.5) is 0 Å². The van der Waals surface area contributed by atoms with E-state index >= 15 is 0 Å². The number of carboxylic acids is 1. The molecular weight excluding hydrogens is 270 g/mol. The fourth-order valence-electron chi connectivity index (χ4n) is 1.83. The van der Waals surface area contributed by atoms with Crippen LogP contribution in [0, 0.1) is 0 Å². The average Bonchev–Trinajstić information content (AvgIpc) is 2.58. The summed E-state index contributed by atoms with van der Waals surface area (Å²) < 4.78 is 23.6. The van der Waals surface area contributed by atoms with Gasteiger partial charge in [0.15, 0.2) is 5.69 Å². The molecule has 0 atom stereocenters. The highest BCUT2D eigenvalue weighted by Crippen LogP contribution is 2.24. The van der Waals surface area contributed by atoms with Crippen molar-refractivity contribution in [3.8, 4) is 0 Å². The van der Waals surface area contributed by atoms with Gasteiger partial charge in [-0.05, 0) is 6.42 Å². The first-order chi connectivity index (χ1) is 8.52. The number of hydrogen-bond acceptors (Lipinski definition) is 5. The topological polar surface area (TPSA) is 102 Å². The molecule has 1 heterocycles. The number of nitrogens with zero attached hydrogens (tertiary/aromatic N) is 3. The molecule has 1 aromatic rings. The molecule has 0 spiro atoms. The minimum Gasteiger partial charge on any atom is -0.476 e. The molecule has 1 aromatic heterocycles. The third kappa shape index (κ3) is 4.30. The van der Waals surface area contributed by atoms with Gasteiger partial charge >= 0.3 is 5.97 Å². The molecule has 0 bridgehead atoms. The molecule has 0 saturated heterocycles. The van der Waals surface area contributed by atoms with Crippen LogP contribution < -0.4 is 0 Å². The van der Waals surface area contributed by atoms with Gasteiger partial charge in [0.2, 0.25) is 0 Å². The summed E-state index contributed by atoms with van der Waals surface area (Å²) in [5.41, 5.74) is 0.00262. The molecule has 0 aromatic carbocycles. The first-order valence-electron chi connectivity index (χ1n) is 5.87. The Kier molecular flexibility index (Phi) is 4.34. The van der Waals surface area contributed by atoms with Crippen molar-refractivity contribution in [3.05, 3.63) is 11.4 Å². The van der Waals surface area contributed by atoms with Crippen molar-refractivity contribution >= 4 is 15.8 Å². The van der Waals surface area contributed by atoms with Crippen molar-refractivity contribution < 1.29 is 18.3 Å². The molecule has 1 rings (SSSR count). The fourth-order valence-corrected chi connectivity index (χ4v) is 2.49. The van der Waals surface area contributed by atoms with E-state index in [4.69, 9.17) is 5.11 Å². The Bertz CT molecular complexity index is 569. The molecule has 7 nitrogen and oxygen atoms in total. The average molecular weight is 289 g/mol. The molecular formula is C11H19N3O4S. The Morgan fingerprint density at radius 1 is 1.37 bits per heavy atom. The SMILES string of the molecule is CC(C)(C)c1c(C(=O)O)nnn1CCCS(C)(=O)=O. The number of carboxylic acid groups (broad SMARTS) is 1. The zero-order valence-corrected chi connectivity index (χ0v) is 12.4. The normalized spacial score (nSPS) is 12.6. The van der Waals surface area contributed by atoms with Crippen molar-refractivity contribution in [1.82, 2.24) is 15.0 Å². The number of sulfone groups is 1. The van der Waals surface area contributed by atoms with Crippen LogP contribution in [0.1, 0.15) is 43.4 Å². The van der Waals surface area contributed by atoms with Gasteiger partial charge in [-0.15, -0.1) is 5.10 Å². The highest BCUT2D eigenvalue weighted by atomic mass is 32.2. The molecule has 0 fully saturated rings. The van der Waals surface area contributed by atoms with Gasteiger partial charge in [0.1, 0.15) is 9.84 Å². The van der Waals surface area contributed by atoms with Crippen molar-refractivity contribution in [2.45, 2.75) is 39.2 Å². The summed E-state index contributed by atoms with van der Waals surface area (Å²) in [7, 11) is -3.03. The molecule has 0 aliphatic carbocycles. The van der Waals surface area contributed by atoms with Crippen molar-refractivity contribution in [1.29, 1.82) is 0 Å². The summed E-state index contributed by atoms with van der Waals surface area (Å²) in [6.45, 7) is 5.93. The maximum atomic E-state index is 11.1. The lowest BCUT2D eigenvalue weighted by Gasteiger charge is -2.20. The number of rotatable bonds is 5. The van der Waals surface area contributed by atoms with Gasteiger partial charge in [-0.3, -0.25) is 0 Å². The Hall–Kier alpha value is -1.44. The Morgan fingerprint density at radius 2 is 1.95 bits per heavy atom. The monoisotopic (exact) mass is 289 g/mol. The van der Waals surface area contributed by atoms with E-state index in [1.165, 1.54) is 10.9 Å². The summed E-state index contributed by atoms with van der Waals surface area (Å²) in [5.74, 6) is -1.09. The number of aromatic carboxylic acids is 1. The first-order valence-corrected chi connectivity index (χ1v) is 7.93. The molecule has 0 aliphatic rings. The molecule has 8 heteroatoms. The molecule has 108 valence electrons. The van der Waals surface area contributed by atoms with Crippen LogP contribution in [0.2, 0.25) is 0 Å². The van der Waals surface area contributed by atoms with Crippen LogP contribution in [-0.4, -0.2) is 46.5 Å². The summed E-state index contributed by atoms with van der Waals surface area (Å²) in [5, 5.41) is 16.6. The zero-order valence-electron chi connectivity index (χ0n) is 11.5. The lowest BCUT2D eigenvalue weighted by Crippen LogP contribution is -2.22. The van der Waals surface area contributed by atoms with Gasteiger partial charge in [0.05, 0.1) is 11.4 Å². The van der Waals surface area contributed by atoms with Crippen LogP contribution in [0.15, 0.2) is 0 Å². The number of carbonyl (C=O) groups is 1. The molecule has 19 heavy (non-hydrogen) atoms. The highest BCUT2D eigenvalue weighted by Gasteiger charge is 2.28. The standard InChI is InChI=1S/C11H19N3O4S/c1-11(2,3)9-8(10(15)16)12-13-14(9)6-5-7-19(4,17)18/h5-7H2,1-4H3,(H,15,16). The van der Waals surface area contributed by atoms with Crippen molar-refractivity contribution in [2.75, 3.05) is 12.0 Å². The van der Waals surface area contributed by atoms with Crippen LogP contribution in [0.3, 0.4) is 0 Å². The largest absolute Gasteiger partial charge is 0.476 e. The summed E-state index contributed by atoms with van der Waals surface area (Å²) in [6.07, 6.45) is 1.55. The Morgan fingerprint density at radius 3 is 2.37 bits per heavy atom. The van der Waals surface area contributed by atoms with E-state index in [-0.39, 0.29) is 11.4 Å². The van der Waals surface area contributed by atoms with E-state index in [1.54, 1.807) is 0 Å². The predicted octanol–water partition coefficient (Wildman–Crippen LogP) is 0.709. The quantitative estimate of drug-likeness (QED) is 0.856. The van der Waals surface area contributed by atoms with E-state index in [9.17, 15) is 13.2 Å². The van der Waals surface area contributed by atoms with Gasteiger partial charge in [0.25, 0.3) is 0 Å². The van der Waals surface area contributed by atoms with Crippen LogP contribution >= 0.6 is 0 Å². The fraction of sp³-hybridized carbons (Fsp3) is 0.727. The van der Waals surface area contributed by atoms with E-state index in [1.807, 2.05) is 20.8 Å². The summed E-state index contributed by atoms with van der Waals surface area (Å²) in [4.78, 5) is 11.1. The number of aryl methyl sites for hydroxylation is 1. The Labute approximate surface area is 112 Å². The van der Waals surface area contributed by atoms with Gasteiger partial charge in [0, 0.05) is 18.2 Å². The second kappa shape index (κ2) is 5.28. The highest BCUT2D eigenvalue weighted by molar-refractivity contribution is 7.90. The maximum Gasteiger partial charge on any atom is 0.358 e. The summed E-state index contributed by atoms with van der Waals surface area (Å²) >= 11 is 0. The molecule has 0 radical (unpaired) electrons. The third-order valence-electron chi connectivity index (χ3n) is 2.53. The van der Waals surface area contributed by atoms with Gasteiger partial charge in [-0.1, -0.05) is 26.0 Å². The molecule has 0 saturated carbocycles. The lowest BCUT2D eigenvalue weighted by molar-refractivity contribution is 0.0687. The number of hydrogen-bond donors (Lipinski definition) is 1. The molecule has 0 unspecified atom stereocenters. The van der Waals surface area contributed by atoms with Gasteiger partial charge in [-0.25, -0.2) is 17.9 Å². The number of aromatic nitrogens is 3. The van der Waals surface area contributed by atoms with E-state index in [0.717, 1.165) is 0 Å². The maximum absolute atomic E-state index is 11.1. The zero-order chi connectivity index (χ0) is 14.8. The van der Waals surface area contributed by atoms with Crippen molar-refractivity contribution in [2.24, 2.45) is 0 Å². The summed E-state index contributed by atoms with van der Waals surface area (Å²) in [6, 6.07) is 0. The van der Waals surface area contributed by atoms with E-state index in [2.05, 4.69) is 10.3 Å². The van der Waals surface area contributed by atoms with Crippen LogP contribution in [0.5, 0.6) is 0 Å². The second-order valence-electron chi connectivity index (χ2n) is 5.55. The van der Waals surface area contributed by atoms with Gasteiger partial charge in [-0.2, -0.15) is 0 Å². The van der Waals surface area contributed by atoms with Crippen molar-refractivity contribution in [3.63, 3.8) is 0 Å². The molecule has 0 amide bonds. The van der Waals surface area contributed by atoms with Crippen LogP contribution in [0.25, 0.3) is 0 Å². The smallest absolute Gasteiger partial charge is 0.358 e. The minimum absolute atomic E-state index is 0.0405. The third-order valence-corrected chi connectivity index (χ3v) is 3.56. The predicted molar refractivity (Wildman–Crippen MR) is 70.0 cm³/mol. The lowest BCUT2D eigenvalue weighted by atomic mass is 9.90. The van der Waals surface area contributed by atoms with Crippen LogP contribution in [-0.2, 0) is 21.8 Å². The second-order valence-corrected chi connectivity index (χ2v) is 7.81. The molecule has 0 aliphatic heterocycles.